The molecule has 0 saturated heterocycles. The van der Waals surface area contributed by atoms with Gasteiger partial charge in [-0.3, -0.25) is 4.79 Å². The van der Waals surface area contributed by atoms with E-state index in [9.17, 15) is 4.79 Å². The summed E-state index contributed by atoms with van der Waals surface area (Å²) in [7, 11) is 1.72. The lowest BCUT2D eigenvalue weighted by Crippen LogP contribution is -2.30. The predicted octanol–water partition coefficient (Wildman–Crippen LogP) is 1.77. The highest BCUT2D eigenvalue weighted by Crippen LogP contribution is 2.10. The molecule has 1 aromatic rings. The largest absolute Gasteiger partial charge is 0.341 e. The summed E-state index contributed by atoms with van der Waals surface area (Å²) in [6.45, 7) is 1.03. The molecule has 0 bridgehead atoms. The monoisotopic (exact) mass is 238 g/mol. The number of nitrogens with zero attached hydrogens (tertiary/aromatic N) is 1. The van der Waals surface area contributed by atoms with E-state index in [0.29, 0.717) is 18.1 Å². The van der Waals surface area contributed by atoms with Crippen molar-refractivity contribution in [3.63, 3.8) is 0 Å². The first-order valence-electron chi connectivity index (χ1n) is 5.02. The van der Waals surface area contributed by atoms with Gasteiger partial charge in [-0.15, -0.1) is 0 Å². The van der Waals surface area contributed by atoms with Crippen molar-refractivity contribution < 1.29 is 4.79 Å². The van der Waals surface area contributed by atoms with E-state index in [0.717, 1.165) is 5.56 Å². The van der Waals surface area contributed by atoms with E-state index in [4.69, 9.17) is 17.3 Å². The van der Waals surface area contributed by atoms with Gasteiger partial charge in [0.15, 0.2) is 0 Å². The molecule has 3 nitrogen and oxygen atoms in total. The van der Waals surface area contributed by atoms with Gasteiger partial charge in [-0.05, 0) is 23.8 Å². The van der Waals surface area contributed by atoms with E-state index in [1.807, 2.05) is 12.1 Å². The smallest absolute Gasteiger partial charge is 0.246 e. The van der Waals surface area contributed by atoms with Crippen LogP contribution in [-0.2, 0) is 4.79 Å². The van der Waals surface area contributed by atoms with Crippen LogP contribution in [0.1, 0.15) is 5.56 Å². The molecule has 0 aromatic heterocycles. The van der Waals surface area contributed by atoms with Crippen molar-refractivity contribution in [2.45, 2.75) is 0 Å². The SMILES string of the molecule is CN(CCN)C(=O)C=Cc1ccc(Cl)cc1. The number of rotatable bonds is 4. The lowest BCUT2D eigenvalue weighted by molar-refractivity contribution is -0.124. The third-order valence-electron chi connectivity index (χ3n) is 2.13. The fourth-order valence-electron chi connectivity index (χ4n) is 1.17. The molecule has 1 aromatic carbocycles. The zero-order valence-corrected chi connectivity index (χ0v) is 9.95. The summed E-state index contributed by atoms with van der Waals surface area (Å²) in [6, 6.07) is 7.29. The van der Waals surface area contributed by atoms with Gasteiger partial charge in [0, 0.05) is 31.2 Å². The van der Waals surface area contributed by atoms with Crippen LogP contribution >= 0.6 is 11.6 Å². The minimum Gasteiger partial charge on any atom is -0.341 e. The molecule has 1 amide bonds. The van der Waals surface area contributed by atoms with Crippen molar-refractivity contribution in [1.82, 2.24) is 4.90 Å². The summed E-state index contributed by atoms with van der Waals surface area (Å²) in [5.41, 5.74) is 6.30. The van der Waals surface area contributed by atoms with Crippen molar-refractivity contribution in [2.24, 2.45) is 5.73 Å². The van der Waals surface area contributed by atoms with Crippen LogP contribution in [0.4, 0.5) is 0 Å². The second-order valence-corrected chi connectivity index (χ2v) is 3.87. The highest BCUT2D eigenvalue weighted by atomic mass is 35.5. The molecular weight excluding hydrogens is 224 g/mol. The second-order valence-electron chi connectivity index (χ2n) is 3.43. The van der Waals surface area contributed by atoms with Crippen molar-refractivity contribution in [1.29, 1.82) is 0 Å². The Morgan fingerprint density at radius 3 is 2.62 bits per heavy atom. The highest BCUT2D eigenvalue weighted by molar-refractivity contribution is 6.30. The molecule has 0 fully saturated rings. The predicted molar refractivity (Wildman–Crippen MR) is 67.2 cm³/mol. The van der Waals surface area contributed by atoms with E-state index in [-0.39, 0.29) is 5.91 Å². The maximum Gasteiger partial charge on any atom is 0.246 e. The van der Waals surface area contributed by atoms with E-state index in [2.05, 4.69) is 0 Å². The maximum absolute atomic E-state index is 11.5. The summed E-state index contributed by atoms with van der Waals surface area (Å²) < 4.78 is 0. The van der Waals surface area contributed by atoms with Crippen LogP contribution in [0.2, 0.25) is 5.02 Å². The Hall–Kier alpha value is -1.32. The Labute approximate surface area is 100 Å². The molecule has 0 heterocycles. The lowest BCUT2D eigenvalue weighted by atomic mass is 10.2. The number of benzene rings is 1. The number of carbonyl (C=O) groups is 1. The highest BCUT2D eigenvalue weighted by Gasteiger charge is 2.02. The van der Waals surface area contributed by atoms with Crippen LogP contribution in [0.5, 0.6) is 0 Å². The van der Waals surface area contributed by atoms with Gasteiger partial charge >= 0.3 is 0 Å². The van der Waals surface area contributed by atoms with Gasteiger partial charge in [-0.1, -0.05) is 23.7 Å². The average Bonchev–Trinajstić information content (AvgIpc) is 2.28. The minimum absolute atomic E-state index is 0.0552. The summed E-state index contributed by atoms with van der Waals surface area (Å²) in [5.74, 6) is -0.0552. The third-order valence-corrected chi connectivity index (χ3v) is 2.38. The standard InChI is InChI=1S/C12H15ClN2O/c1-15(9-8-14)12(16)7-4-10-2-5-11(13)6-3-10/h2-7H,8-9,14H2,1H3. The van der Waals surface area contributed by atoms with Gasteiger partial charge < -0.3 is 10.6 Å². The zero-order chi connectivity index (χ0) is 12.0. The molecular formula is C12H15ClN2O. The Balaban J connectivity index is 2.59. The molecule has 0 aliphatic carbocycles. The van der Waals surface area contributed by atoms with Crippen LogP contribution in [0.3, 0.4) is 0 Å². The first-order valence-corrected chi connectivity index (χ1v) is 5.40. The number of hydrogen-bond acceptors (Lipinski definition) is 2. The lowest BCUT2D eigenvalue weighted by Gasteiger charge is -2.12. The number of amides is 1. The first kappa shape index (κ1) is 12.7. The van der Waals surface area contributed by atoms with Crippen LogP contribution < -0.4 is 5.73 Å². The van der Waals surface area contributed by atoms with Crippen molar-refractivity contribution in [3.8, 4) is 0 Å². The summed E-state index contributed by atoms with van der Waals surface area (Å²) in [4.78, 5) is 13.1. The van der Waals surface area contributed by atoms with Gasteiger partial charge in [0.1, 0.15) is 0 Å². The maximum atomic E-state index is 11.5. The first-order chi connectivity index (χ1) is 7.63. The molecule has 0 saturated carbocycles. The summed E-state index contributed by atoms with van der Waals surface area (Å²) in [6.07, 6.45) is 3.28. The Kier molecular flexibility index (Phi) is 5.02. The molecule has 0 aliphatic rings. The Morgan fingerprint density at radius 1 is 1.44 bits per heavy atom. The minimum atomic E-state index is -0.0552. The fraction of sp³-hybridized carbons (Fsp3) is 0.250. The van der Waals surface area contributed by atoms with E-state index in [1.165, 1.54) is 6.08 Å². The molecule has 0 aliphatic heterocycles. The van der Waals surface area contributed by atoms with Crippen molar-refractivity contribution in [3.05, 3.63) is 40.9 Å². The van der Waals surface area contributed by atoms with Crippen LogP contribution in [0.25, 0.3) is 6.08 Å². The molecule has 0 spiro atoms. The van der Waals surface area contributed by atoms with Gasteiger partial charge in [0.25, 0.3) is 0 Å². The van der Waals surface area contributed by atoms with Crippen LogP contribution in [0.15, 0.2) is 30.3 Å². The van der Waals surface area contributed by atoms with E-state index < -0.39 is 0 Å². The second kappa shape index (κ2) is 6.30. The number of nitrogens with two attached hydrogens (primary N) is 1. The van der Waals surface area contributed by atoms with Crippen LogP contribution in [0, 0.1) is 0 Å². The molecule has 86 valence electrons. The van der Waals surface area contributed by atoms with Crippen molar-refractivity contribution >= 4 is 23.6 Å². The number of likely N-dealkylation sites (N-methyl/N-ethyl adjacent to an activating group) is 1. The fourth-order valence-corrected chi connectivity index (χ4v) is 1.30. The van der Waals surface area contributed by atoms with E-state index >= 15 is 0 Å². The number of halogens is 1. The van der Waals surface area contributed by atoms with Gasteiger partial charge in [0.2, 0.25) is 5.91 Å². The average molecular weight is 239 g/mol. The number of hydrogen-bond donors (Lipinski definition) is 1. The van der Waals surface area contributed by atoms with Crippen LogP contribution in [-0.4, -0.2) is 30.9 Å². The molecule has 1 rings (SSSR count). The van der Waals surface area contributed by atoms with E-state index in [1.54, 1.807) is 30.2 Å². The number of carbonyl (C=O) groups excluding carboxylic acids is 1. The summed E-state index contributed by atoms with van der Waals surface area (Å²) in [5, 5.41) is 0.684. The molecule has 4 heteroatoms. The zero-order valence-electron chi connectivity index (χ0n) is 9.19. The Bertz CT molecular complexity index is 373. The molecule has 16 heavy (non-hydrogen) atoms. The van der Waals surface area contributed by atoms with Gasteiger partial charge in [-0.2, -0.15) is 0 Å². The van der Waals surface area contributed by atoms with Gasteiger partial charge in [0.05, 0.1) is 0 Å². The van der Waals surface area contributed by atoms with Gasteiger partial charge in [-0.25, -0.2) is 0 Å². The molecule has 0 unspecified atom stereocenters. The normalized spacial score (nSPS) is 10.7. The molecule has 2 N–H and O–H groups in total. The molecule has 0 radical (unpaired) electrons. The molecule has 0 atom stereocenters. The topological polar surface area (TPSA) is 46.3 Å². The Morgan fingerprint density at radius 2 is 2.06 bits per heavy atom. The summed E-state index contributed by atoms with van der Waals surface area (Å²) >= 11 is 5.75. The van der Waals surface area contributed by atoms with Crippen molar-refractivity contribution in [2.75, 3.05) is 20.1 Å². The quantitative estimate of drug-likeness (QED) is 0.813. The third kappa shape index (κ3) is 4.04.